The van der Waals surface area contributed by atoms with Crippen LogP contribution in [0.2, 0.25) is 0 Å². The van der Waals surface area contributed by atoms with Crippen molar-refractivity contribution in [1.82, 2.24) is 15.6 Å². The van der Waals surface area contributed by atoms with E-state index in [1.807, 2.05) is 37.3 Å². The Labute approximate surface area is 218 Å². The molecule has 1 heterocycles. The van der Waals surface area contributed by atoms with Gasteiger partial charge in [0.2, 0.25) is 0 Å². The number of hydrogen-bond donors (Lipinski definition) is 1. The quantitative estimate of drug-likeness (QED) is 0.162. The smallest absolute Gasteiger partial charge is 0.271 e. The molecule has 1 aromatic heterocycles. The lowest BCUT2D eigenvalue weighted by molar-refractivity contribution is 0.0955. The van der Waals surface area contributed by atoms with Crippen LogP contribution in [0.25, 0.3) is 0 Å². The van der Waals surface area contributed by atoms with Crippen LogP contribution in [-0.2, 0) is 12.4 Å². The van der Waals surface area contributed by atoms with Gasteiger partial charge < -0.3 is 9.47 Å². The van der Waals surface area contributed by atoms with E-state index >= 15 is 0 Å². The lowest BCUT2D eigenvalue weighted by Crippen LogP contribution is -2.17. The summed E-state index contributed by atoms with van der Waals surface area (Å²) in [4.78, 5) is 12.5. The third kappa shape index (κ3) is 7.16. The number of hydrazone groups is 1. The fourth-order valence-corrected chi connectivity index (χ4v) is 5.04. The van der Waals surface area contributed by atoms with Crippen molar-refractivity contribution in [3.8, 4) is 11.5 Å². The zero-order valence-electron chi connectivity index (χ0n) is 20.2. The fourth-order valence-electron chi connectivity index (χ4n) is 3.25. The van der Waals surface area contributed by atoms with Crippen LogP contribution >= 0.6 is 23.1 Å². The van der Waals surface area contributed by atoms with Crippen molar-refractivity contribution in [3.63, 3.8) is 0 Å². The second kappa shape index (κ2) is 12.3. The average Bonchev–Trinajstić information content (AvgIpc) is 3.32. The minimum atomic E-state index is -0.299. The fraction of sp³-hybridized carbons (Fsp3) is 0.185. The highest BCUT2D eigenvalue weighted by Gasteiger charge is 2.08. The van der Waals surface area contributed by atoms with E-state index in [-0.39, 0.29) is 5.91 Å². The molecule has 0 aliphatic heterocycles. The molecule has 4 aromatic rings. The highest BCUT2D eigenvalue weighted by atomic mass is 32.2. The molecular formula is C27H26N4O3S2. The van der Waals surface area contributed by atoms with E-state index in [1.165, 1.54) is 5.56 Å². The number of ether oxygens (including phenoxy) is 2. The summed E-state index contributed by atoms with van der Waals surface area (Å²) in [5, 5.41) is 13.2. The molecule has 0 fully saturated rings. The Morgan fingerprint density at radius 1 is 1.06 bits per heavy atom. The van der Waals surface area contributed by atoms with E-state index in [0.29, 0.717) is 23.7 Å². The predicted octanol–water partition coefficient (Wildman–Crippen LogP) is 5.80. The second-order valence-corrected chi connectivity index (χ2v) is 10.3. The Bertz CT molecular complexity index is 1340. The number of thioether (sulfide) groups is 1. The summed E-state index contributed by atoms with van der Waals surface area (Å²) in [6, 6.07) is 20.9. The molecule has 4 rings (SSSR count). The predicted molar refractivity (Wildman–Crippen MR) is 144 cm³/mol. The highest BCUT2D eigenvalue weighted by Crippen LogP contribution is 2.30. The van der Waals surface area contributed by atoms with Crippen LogP contribution in [0.15, 0.2) is 76.2 Å². The van der Waals surface area contributed by atoms with E-state index in [2.05, 4.69) is 39.8 Å². The molecule has 0 aliphatic rings. The SMILES string of the molecule is COc1ccc(/C=N/NC(=O)c2ccc(OCc3ccc(C)cc3)cc2)cc1CSc1nnc(C)s1. The Morgan fingerprint density at radius 3 is 2.53 bits per heavy atom. The molecule has 3 aromatic carbocycles. The number of rotatable bonds is 10. The van der Waals surface area contributed by atoms with Gasteiger partial charge in [0, 0.05) is 16.9 Å². The molecule has 0 saturated heterocycles. The van der Waals surface area contributed by atoms with Crippen molar-refractivity contribution in [2.45, 2.75) is 30.5 Å². The summed E-state index contributed by atoms with van der Waals surface area (Å²) in [6.07, 6.45) is 1.61. The molecule has 0 spiro atoms. The van der Waals surface area contributed by atoms with Crippen LogP contribution in [-0.4, -0.2) is 29.4 Å². The van der Waals surface area contributed by atoms with Crippen LogP contribution in [0.5, 0.6) is 11.5 Å². The van der Waals surface area contributed by atoms with Gasteiger partial charge in [-0.3, -0.25) is 4.79 Å². The number of aromatic nitrogens is 2. The molecule has 36 heavy (non-hydrogen) atoms. The van der Waals surface area contributed by atoms with Gasteiger partial charge in [0.15, 0.2) is 4.34 Å². The van der Waals surface area contributed by atoms with Gasteiger partial charge in [-0.05, 0) is 67.4 Å². The van der Waals surface area contributed by atoms with Crippen LogP contribution in [0, 0.1) is 13.8 Å². The van der Waals surface area contributed by atoms with Crippen LogP contribution in [0.1, 0.15) is 37.6 Å². The Balaban J connectivity index is 1.31. The Hall–Kier alpha value is -3.69. The van der Waals surface area contributed by atoms with E-state index in [9.17, 15) is 4.79 Å². The third-order valence-corrected chi connectivity index (χ3v) is 7.21. The summed E-state index contributed by atoms with van der Waals surface area (Å²) in [7, 11) is 1.64. The average molecular weight is 519 g/mol. The second-order valence-electron chi connectivity index (χ2n) is 7.94. The summed E-state index contributed by atoms with van der Waals surface area (Å²) in [6.45, 7) is 4.46. The first-order chi connectivity index (χ1) is 17.5. The van der Waals surface area contributed by atoms with Gasteiger partial charge in [0.05, 0.1) is 13.3 Å². The lowest BCUT2D eigenvalue weighted by Gasteiger charge is -2.08. The molecule has 184 valence electrons. The third-order valence-electron chi connectivity index (χ3n) is 5.19. The van der Waals surface area contributed by atoms with Gasteiger partial charge in [-0.1, -0.05) is 52.9 Å². The standard InChI is InChI=1S/C27H26N4O3S2/c1-18-4-6-20(7-5-18)16-34-24-11-9-22(10-12-24)26(32)30-28-15-21-8-13-25(33-3)23(14-21)17-35-27-31-29-19(2)36-27/h4-15H,16-17H2,1-3H3,(H,30,32)/b28-15+. The van der Waals surface area contributed by atoms with E-state index < -0.39 is 0 Å². The van der Waals surface area contributed by atoms with Crippen LogP contribution in [0.4, 0.5) is 0 Å². The van der Waals surface area contributed by atoms with Crippen molar-refractivity contribution in [3.05, 3.63) is 99.6 Å². The largest absolute Gasteiger partial charge is 0.496 e. The number of benzene rings is 3. The van der Waals surface area contributed by atoms with E-state index in [4.69, 9.17) is 9.47 Å². The number of hydrogen-bond acceptors (Lipinski definition) is 8. The summed E-state index contributed by atoms with van der Waals surface area (Å²) >= 11 is 3.16. The molecule has 0 atom stereocenters. The number of methoxy groups -OCH3 is 1. The maximum atomic E-state index is 12.5. The number of carbonyl (C=O) groups is 1. The molecule has 1 N–H and O–H groups in total. The van der Waals surface area contributed by atoms with Crippen molar-refractivity contribution >= 4 is 35.2 Å². The molecular weight excluding hydrogens is 492 g/mol. The van der Waals surface area contributed by atoms with Gasteiger partial charge in [0.25, 0.3) is 5.91 Å². The molecule has 0 bridgehead atoms. The topological polar surface area (TPSA) is 85.7 Å². The molecule has 9 heteroatoms. The normalized spacial score (nSPS) is 11.0. The summed E-state index contributed by atoms with van der Waals surface area (Å²) in [5.74, 6) is 1.87. The van der Waals surface area contributed by atoms with Gasteiger partial charge in [-0.25, -0.2) is 5.43 Å². The first-order valence-corrected chi connectivity index (χ1v) is 13.0. The number of amides is 1. The van der Waals surface area contributed by atoms with Gasteiger partial charge >= 0.3 is 0 Å². The molecule has 0 saturated carbocycles. The molecule has 7 nitrogen and oxygen atoms in total. The van der Waals surface area contributed by atoms with Crippen LogP contribution < -0.4 is 14.9 Å². The van der Waals surface area contributed by atoms with Crippen LogP contribution in [0.3, 0.4) is 0 Å². The first-order valence-electron chi connectivity index (χ1n) is 11.2. The zero-order valence-corrected chi connectivity index (χ0v) is 21.9. The highest BCUT2D eigenvalue weighted by molar-refractivity contribution is 8.00. The zero-order chi connectivity index (χ0) is 25.3. The first kappa shape index (κ1) is 25.4. The monoisotopic (exact) mass is 518 g/mol. The number of nitrogens with one attached hydrogen (secondary N) is 1. The van der Waals surface area contributed by atoms with E-state index in [0.717, 1.165) is 31.8 Å². The molecule has 0 radical (unpaired) electrons. The van der Waals surface area contributed by atoms with Gasteiger partial charge in [-0.15, -0.1) is 10.2 Å². The summed E-state index contributed by atoms with van der Waals surface area (Å²) in [5.41, 5.74) is 7.22. The molecule has 0 unspecified atom stereocenters. The Morgan fingerprint density at radius 2 is 1.83 bits per heavy atom. The molecule has 0 aliphatic carbocycles. The van der Waals surface area contributed by atoms with E-state index in [1.54, 1.807) is 60.7 Å². The maximum absolute atomic E-state index is 12.5. The van der Waals surface area contributed by atoms with Crippen molar-refractivity contribution in [2.75, 3.05) is 7.11 Å². The molecule has 1 amide bonds. The Kier molecular flexibility index (Phi) is 8.70. The number of aryl methyl sites for hydroxylation is 2. The maximum Gasteiger partial charge on any atom is 0.271 e. The van der Waals surface area contributed by atoms with Crippen molar-refractivity contribution < 1.29 is 14.3 Å². The minimum absolute atomic E-state index is 0.299. The van der Waals surface area contributed by atoms with Gasteiger partial charge in [0.1, 0.15) is 23.1 Å². The van der Waals surface area contributed by atoms with Crippen molar-refractivity contribution in [2.24, 2.45) is 5.10 Å². The lowest BCUT2D eigenvalue weighted by atomic mass is 10.1. The minimum Gasteiger partial charge on any atom is -0.496 e. The number of nitrogens with zero attached hydrogens (tertiary/aromatic N) is 3. The summed E-state index contributed by atoms with van der Waals surface area (Å²) < 4.78 is 12.2. The van der Waals surface area contributed by atoms with Gasteiger partial charge in [-0.2, -0.15) is 5.10 Å². The number of carbonyl (C=O) groups excluding carboxylic acids is 1. The van der Waals surface area contributed by atoms with Crippen molar-refractivity contribution in [1.29, 1.82) is 0 Å².